The number of aromatic nitrogens is 1. The Morgan fingerprint density at radius 1 is 0.968 bits per heavy atom. The maximum absolute atomic E-state index is 13.1. The Kier molecular flexibility index (Phi) is 6.34. The van der Waals surface area contributed by atoms with Crippen LogP contribution in [0.25, 0.3) is 0 Å². The number of urea groups is 1. The molecule has 1 aliphatic heterocycles. The van der Waals surface area contributed by atoms with E-state index >= 15 is 0 Å². The van der Waals surface area contributed by atoms with Gasteiger partial charge in [-0.2, -0.15) is 0 Å². The molecule has 0 atom stereocenters. The molecule has 0 spiro atoms. The number of amides is 3. The van der Waals surface area contributed by atoms with Crippen molar-refractivity contribution < 1.29 is 14.0 Å². The largest absolute Gasteiger partial charge is 0.368 e. The smallest absolute Gasteiger partial charge is 0.325 e. The van der Waals surface area contributed by atoms with Gasteiger partial charge in [0.05, 0.1) is 0 Å². The number of piperazine rings is 1. The van der Waals surface area contributed by atoms with Crippen molar-refractivity contribution in [1.82, 2.24) is 9.88 Å². The topological polar surface area (TPSA) is 77.6 Å². The fourth-order valence-corrected chi connectivity index (χ4v) is 4.01. The Balaban J connectivity index is 1.30. The zero-order chi connectivity index (χ0) is 21.8. The van der Waals surface area contributed by atoms with E-state index in [9.17, 15) is 14.0 Å². The summed E-state index contributed by atoms with van der Waals surface area (Å²) >= 11 is 7.01. The van der Waals surface area contributed by atoms with Crippen LogP contribution in [0.5, 0.6) is 0 Å². The number of halogens is 2. The lowest BCUT2D eigenvalue weighted by Gasteiger charge is -2.35. The third-order valence-corrected chi connectivity index (χ3v) is 5.81. The second kappa shape index (κ2) is 9.32. The molecule has 1 saturated heterocycles. The van der Waals surface area contributed by atoms with Crippen LogP contribution < -0.4 is 15.5 Å². The van der Waals surface area contributed by atoms with Gasteiger partial charge in [-0.15, -0.1) is 11.3 Å². The third kappa shape index (κ3) is 5.31. The zero-order valence-corrected chi connectivity index (χ0v) is 17.9. The molecule has 3 amide bonds. The van der Waals surface area contributed by atoms with Crippen LogP contribution in [0.4, 0.5) is 25.7 Å². The van der Waals surface area contributed by atoms with E-state index in [0.29, 0.717) is 47.7 Å². The van der Waals surface area contributed by atoms with Crippen LogP contribution in [0.3, 0.4) is 0 Å². The molecule has 0 unspecified atom stereocenters. The average Bonchev–Trinajstić information content (AvgIpc) is 3.24. The lowest BCUT2D eigenvalue weighted by atomic mass is 10.2. The molecular formula is C21H19ClFN5O2S. The molecule has 7 nitrogen and oxygen atoms in total. The van der Waals surface area contributed by atoms with E-state index in [-0.39, 0.29) is 11.7 Å². The predicted molar refractivity (Wildman–Crippen MR) is 121 cm³/mol. The molecule has 31 heavy (non-hydrogen) atoms. The number of nitrogens with zero attached hydrogens (tertiary/aromatic N) is 3. The predicted octanol–water partition coefficient (Wildman–Crippen LogP) is 4.54. The first kappa shape index (κ1) is 21.1. The molecule has 1 aromatic heterocycles. The molecule has 1 aliphatic rings. The minimum Gasteiger partial charge on any atom is -0.368 e. The Hall–Kier alpha value is -3.17. The second-order valence-electron chi connectivity index (χ2n) is 6.88. The first-order valence-corrected chi connectivity index (χ1v) is 10.8. The van der Waals surface area contributed by atoms with E-state index in [1.807, 2.05) is 0 Å². The molecule has 4 rings (SSSR count). The highest BCUT2D eigenvalue weighted by atomic mass is 35.5. The lowest BCUT2D eigenvalue weighted by molar-refractivity contribution is 0.0741. The van der Waals surface area contributed by atoms with Crippen LogP contribution in [0, 0.1) is 5.82 Å². The first-order chi connectivity index (χ1) is 15.0. The molecular weight excluding hydrogens is 441 g/mol. The summed E-state index contributed by atoms with van der Waals surface area (Å²) in [6.45, 7) is 2.37. The van der Waals surface area contributed by atoms with Gasteiger partial charge in [-0.05, 0) is 48.5 Å². The summed E-state index contributed by atoms with van der Waals surface area (Å²) in [7, 11) is 0. The summed E-state index contributed by atoms with van der Waals surface area (Å²) in [5.74, 6) is -0.450. The van der Waals surface area contributed by atoms with Crippen LogP contribution in [0.1, 0.15) is 10.5 Å². The van der Waals surface area contributed by atoms with Crippen molar-refractivity contribution >= 4 is 51.4 Å². The molecule has 3 aromatic rings. The maximum Gasteiger partial charge on any atom is 0.325 e. The number of rotatable bonds is 4. The van der Waals surface area contributed by atoms with Crippen LogP contribution in [0.15, 0.2) is 53.9 Å². The van der Waals surface area contributed by atoms with Gasteiger partial charge in [0.25, 0.3) is 5.91 Å². The van der Waals surface area contributed by atoms with Crippen LogP contribution in [-0.2, 0) is 0 Å². The highest BCUT2D eigenvalue weighted by Gasteiger charge is 2.24. The van der Waals surface area contributed by atoms with E-state index in [1.54, 1.807) is 46.7 Å². The summed E-state index contributed by atoms with van der Waals surface area (Å²) in [5, 5.41) is 7.85. The Morgan fingerprint density at radius 3 is 2.32 bits per heavy atom. The normalized spacial score (nSPS) is 13.7. The molecule has 2 aromatic carbocycles. The monoisotopic (exact) mass is 459 g/mol. The zero-order valence-electron chi connectivity index (χ0n) is 16.3. The molecule has 10 heteroatoms. The molecule has 160 valence electrons. The Labute approximate surface area is 187 Å². The fourth-order valence-electron chi connectivity index (χ4n) is 3.20. The number of benzene rings is 2. The molecule has 2 heterocycles. The SMILES string of the molecule is O=C(Nc1ccc(Cl)cc1)Nc1nc(C(=O)N2CCN(c3ccc(F)cc3)CC2)cs1. The molecule has 0 saturated carbocycles. The summed E-state index contributed by atoms with van der Waals surface area (Å²) in [6.07, 6.45) is 0. The van der Waals surface area contributed by atoms with Gasteiger partial charge < -0.3 is 15.1 Å². The van der Waals surface area contributed by atoms with Gasteiger partial charge in [-0.25, -0.2) is 14.2 Å². The van der Waals surface area contributed by atoms with E-state index in [4.69, 9.17) is 11.6 Å². The van der Waals surface area contributed by atoms with Crippen LogP contribution >= 0.6 is 22.9 Å². The van der Waals surface area contributed by atoms with E-state index in [1.165, 1.54) is 23.5 Å². The summed E-state index contributed by atoms with van der Waals surface area (Å²) in [6, 6.07) is 12.6. The summed E-state index contributed by atoms with van der Waals surface area (Å²) in [4.78, 5) is 33.0. The van der Waals surface area contributed by atoms with Crippen molar-refractivity contribution in [2.45, 2.75) is 0 Å². The summed E-state index contributed by atoms with van der Waals surface area (Å²) < 4.78 is 13.1. The van der Waals surface area contributed by atoms with Gasteiger partial charge in [-0.1, -0.05) is 11.6 Å². The van der Waals surface area contributed by atoms with Crippen molar-refractivity contribution in [1.29, 1.82) is 0 Å². The van der Waals surface area contributed by atoms with Gasteiger partial charge >= 0.3 is 6.03 Å². The number of carbonyl (C=O) groups is 2. The average molecular weight is 460 g/mol. The van der Waals surface area contributed by atoms with Crippen molar-refractivity contribution in [3.63, 3.8) is 0 Å². The Morgan fingerprint density at radius 2 is 1.65 bits per heavy atom. The van der Waals surface area contributed by atoms with E-state index < -0.39 is 6.03 Å². The molecule has 0 bridgehead atoms. The maximum atomic E-state index is 13.1. The van der Waals surface area contributed by atoms with Crippen LogP contribution in [0.2, 0.25) is 5.02 Å². The van der Waals surface area contributed by atoms with Gasteiger partial charge in [0.15, 0.2) is 5.13 Å². The van der Waals surface area contributed by atoms with Crippen molar-refractivity contribution in [3.8, 4) is 0 Å². The lowest BCUT2D eigenvalue weighted by Crippen LogP contribution is -2.48. The Bertz CT molecular complexity index is 1070. The quantitative estimate of drug-likeness (QED) is 0.600. The fraction of sp³-hybridized carbons (Fsp3) is 0.190. The second-order valence-corrected chi connectivity index (χ2v) is 8.17. The van der Waals surface area contributed by atoms with E-state index in [0.717, 1.165) is 5.69 Å². The van der Waals surface area contributed by atoms with E-state index in [2.05, 4.69) is 20.5 Å². The molecule has 0 aliphatic carbocycles. The minimum atomic E-state index is -0.455. The van der Waals surface area contributed by atoms with Crippen molar-refractivity contribution in [2.75, 3.05) is 41.7 Å². The number of carbonyl (C=O) groups excluding carboxylic acids is 2. The first-order valence-electron chi connectivity index (χ1n) is 9.57. The standard InChI is InChI=1S/C21H19ClFN5O2S/c22-14-1-5-16(6-2-14)24-20(30)26-21-25-18(13-31-21)19(29)28-11-9-27(10-12-28)17-7-3-15(23)4-8-17/h1-8,13H,9-12H2,(H2,24,25,26,30). The number of thiazole rings is 1. The van der Waals surface area contributed by atoms with Crippen LogP contribution in [-0.4, -0.2) is 48.0 Å². The molecule has 1 fully saturated rings. The van der Waals surface area contributed by atoms with Gasteiger partial charge in [-0.3, -0.25) is 10.1 Å². The van der Waals surface area contributed by atoms with Gasteiger partial charge in [0, 0.05) is 48.0 Å². The highest BCUT2D eigenvalue weighted by molar-refractivity contribution is 7.14. The highest BCUT2D eigenvalue weighted by Crippen LogP contribution is 2.21. The van der Waals surface area contributed by atoms with Crippen molar-refractivity contribution in [3.05, 3.63) is 70.4 Å². The van der Waals surface area contributed by atoms with Gasteiger partial charge in [0.2, 0.25) is 0 Å². The number of nitrogens with one attached hydrogen (secondary N) is 2. The number of hydrogen-bond donors (Lipinski definition) is 2. The minimum absolute atomic E-state index is 0.179. The van der Waals surface area contributed by atoms with Crippen molar-refractivity contribution in [2.24, 2.45) is 0 Å². The number of anilines is 3. The third-order valence-electron chi connectivity index (χ3n) is 4.80. The summed E-state index contributed by atoms with van der Waals surface area (Å²) in [5.41, 5.74) is 1.82. The molecule has 2 N–H and O–H groups in total. The molecule has 0 radical (unpaired) electrons. The number of hydrogen-bond acceptors (Lipinski definition) is 5. The van der Waals surface area contributed by atoms with Gasteiger partial charge in [0.1, 0.15) is 11.5 Å².